The van der Waals surface area contributed by atoms with E-state index in [0.29, 0.717) is 12.3 Å². The number of likely N-dealkylation sites (tertiary alicyclic amines) is 1. The van der Waals surface area contributed by atoms with E-state index in [1.165, 1.54) is 0 Å². The van der Waals surface area contributed by atoms with Gasteiger partial charge in [0.15, 0.2) is 0 Å². The number of nitrogens with zero attached hydrogens (tertiary/aromatic N) is 1. The third-order valence-corrected chi connectivity index (χ3v) is 4.15. The van der Waals surface area contributed by atoms with Crippen LogP contribution in [0, 0.1) is 11.3 Å². The lowest BCUT2D eigenvalue weighted by Gasteiger charge is -2.31. The van der Waals surface area contributed by atoms with Crippen molar-refractivity contribution in [2.24, 2.45) is 11.3 Å². The molecule has 1 heterocycles. The molecule has 17 heavy (non-hydrogen) atoms. The molecule has 2 aliphatic rings. The van der Waals surface area contributed by atoms with Crippen molar-refractivity contribution in [3.8, 4) is 0 Å². The number of rotatable bonds is 4. The van der Waals surface area contributed by atoms with Crippen LogP contribution in [0.1, 0.15) is 45.4 Å². The Kier molecular flexibility index (Phi) is 3.40. The number of carbonyl (C=O) groups excluding carboxylic acids is 1. The van der Waals surface area contributed by atoms with Gasteiger partial charge in [0.05, 0.1) is 6.42 Å². The molecule has 0 aromatic rings. The van der Waals surface area contributed by atoms with Gasteiger partial charge in [0.2, 0.25) is 5.91 Å². The van der Waals surface area contributed by atoms with Gasteiger partial charge in [-0.2, -0.15) is 0 Å². The maximum atomic E-state index is 12.1. The molecule has 0 aromatic heterocycles. The molecule has 1 amide bonds. The largest absolute Gasteiger partial charge is 0.481 e. The first-order chi connectivity index (χ1) is 8.01. The van der Waals surface area contributed by atoms with Gasteiger partial charge in [0.1, 0.15) is 0 Å². The number of hydrogen-bond acceptors (Lipinski definition) is 2. The molecule has 4 nitrogen and oxygen atoms in total. The SMILES string of the molecule is CC1CCN(C(=O)CC2(CC(=O)O)CC2)CC1. The van der Waals surface area contributed by atoms with Gasteiger partial charge in [-0.25, -0.2) is 0 Å². The van der Waals surface area contributed by atoms with Crippen molar-refractivity contribution in [3.63, 3.8) is 0 Å². The Morgan fingerprint density at radius 2 is 1.82 bits per heavy atom. The lowest BCUT2D eigenvalue weighted by molar-refractivity contribution is -0.139. The van der Waals surface area contributed by atoms with Crippen LogP contribution in [0.5, 0.6) is 0 Å². The first kappa shape index (κ1) is 12.4. The van der Waals surface area contributed by atoms with Crippen molar-refractivity contribution in [1.82, 2.24) is 4.90 Å². The minimum Gasteiger partial charge on any atom is -0.481 e. The van der Waals surface area contributed by atoms with Crippen molar-refractivity contribution in [3.05, 3.63) is 0 Å². The fourth-order valence-electron chi connectivity index (χ4n) is 2.60. The molecule has 0 unspecified atom stereocenters. The Hall–Kier alpha value is -1.06. The predicted octanol–water partition coefficient (Wildman–Crippen LogP) is 1.89. The molecule has 0 atom stereocenters. The quantitative estimate of drug-likeness (QED) is 0.815. The molecular weight excluding hydrogens is 218 g/mol. The standard InChI is InChI=1S/C13H21NO3/c1-10-2-6-14(7-3-10)11(15)8-13(4-5-13)9-12(16)17/h10H,2-9H2,1H3,(H,16,17). The monoisotopic (exact) mass is 239 g/mol. The van der Waals surface area contributed by atoms with Crippen molar-refractivity contribution in [2.75, 3.05) is 13.1 Å². The first-order valence-corrected chi connectivity index (χ1v) is 6.50. The average molecular weight is 239 g/mol. The van der Waals surface area contributed by atoms with Crippen LogP contribution < -0.4 is 0 Å². The van der Waals surface area contributed by atoms with Crippen molar-refractivity contribution >= 4 is 11.9 Å². The molecule has 0 radical (unpaired) electrons. The number of piperidine rings is 1. The van der Waals surface area contributed by atoms with E-state index < -0.39 is 5.97 Å². The molecule has 0 spiro atoms. The molecule has 0 aromatic carbocycles. The van der Waals surface area contributed by atoms with Gasteiger partial charge < -0.3 is 10.0 Å². The number of aliphatic carboxylic acids is 1. The lowest BCUT2D eigenvalue weighted by atomic mass is 9.95. The maximum Gasteiger partial charge on any atom is 0.303 e. The minimum absolute atomic E-state index is 0.156. The van der Waals surface area contributed by atoms with Crippen LogP contribution in [-0.4, -0.2) is 35.0 Å². The number of amides is 1. The van der Waals surface area contributed by atoms with Crippen LogP contribution in [-0.2, 0) is 9.59 Å². The van der Waals surface area contributed by atoms with E-state index in [1.807, 2.05) is 4.90 Å². The molecule has 1 saturated heterocycles. The summed E-state index contributed by atoms with van der Waals surface area (Å²) < 4.78 is 0. The molecule has 96 valence electrons. The summed E-state index contributed by atoms with van der Waals surface area (Å²) >= 11 is 0. The van der Waals surface area contributed by atoms with Gasteiger partial charge in [0.25, 0.3) is 0 Å². The second-order valence-electron chi connectivity index (χ2n) is 5.81. The van der Waals surface area contributed by atoms with Gasteiger partial charge >= 0.3 is 5.97 Å². The Balaban J connectivity index is 1.83. The van der Waals surface area contributed by atoms with Gasteiger partial charge in [-0.15, -0.1) is 0 Å². The molecular formula is C13H21NO3. The van der Waals surface area contributed by atoms with E-state index in [2.05, 4.69) is 6.92 Å². The third-order valence-electron chi connectivity index (χ3n) is 4.15. The van der Waals surface area contributed by atoms with E-state index in [-0.39, 0.29) is 17.7 Å². The highest BCUT2D eigenvalue weighted by atomic mass is 16.4. The summed E-state index contributed by atoms with van der Waals surface area (Å²) in [5.41, 5.74) is -0.202. The molecule has 2 fully saturated rings. The van der Waals surface area contributed by atoms with Gasteiger partial charge in [0, 0.05) is 19.5 Å². The third kappa shape index (κ3) is 3.20. The fraction of sp³-hybridized carbons (Fsp3) is 0.846. The second kappa shape index (κ2) is 4.67. The molecule has 1 aliphatic heterocycles. The fourth-order valence-corrected chi connectivity index (χ4v) is 2.60. The van der Waals surface area contributed by atoms with Crippen LogP contribution in [0.3, 0.4) is 0 Å². The molecule has 1 aliphatic carbocycles. The zero-order valence-corrected chi connectivity index (χ0v) is 10.4. The highest BCUT2D eigenvalue weighted by molar-refractivity contribution is 5.79. The Morgan fingerprint density at radius 3 is 2.29 bits per heavy atom. The summed E-state index contributed by atoms with van der Waals surface area (Å²) in [5, 5.41) is 8.82. The van der Waals surface area contributed by atoms with Crippen LogP contribution >= 0.6 is 0 Å². The lowest BCUT2D eigenvalue weighted by Crippen LogP contribution is -2.39. The zero-order valence-electron chi connectivity index (χ0n) is 10.4. The summed E-state index contributed by atoms with van der Waals surface area (Å²) in [7, 11) is 0. The maximum absolute atomic E-state index is 12.1. The van der Waals surface area contributed by atoms with Crippen molar-refractivity contribution in [1.29, 1.82) is 0 Å². The summed E-state index contributed by atoms with van der Waals surface area (Å²) in [5.74, 6) is 0.103. The molecule has 0 bridgehead atoms. The number of carbonyl (C=O) groups is 2. The topological polar surface area (TPSA) is 57.6 Å². The highest BCUT2D eigenvalue weighted by Gasteiger charge is 2.46. The summed E-state index contributed by atoms with van der Waals surface area (Å²) in [4.78, 5) is 24.7. The Morgan fingerprint density at radius 1 is 1.24 bits per heavy atom. The second-order valence-corrected chi connectivity index (χ2v) is 5.81. The average Bonchev–Trinajstić information content (AvgIpc) is 2.97. The predicted molar refractivity (Wildman–Crippen MR) is 63.5 cm³/mol. The molecule has 1 saturated carbocycles. The summed E-state index contributed by atoms with van der Waals surface area (Å²) in [6.45, 7) is 3.92. The van der Waals surface area contributed by atoms with Crippen LogP contribution in [0.4, 0.5) is 0 Å². The van der Waals surface area contributed by atoms with E-state index in [4.69, 9.17) is 5.11 Å². The first-order valence-electron chi connectivity index (χ1n) is 6.50. The van der Waals surface area contributed by atoms with Crippen LogP contribution in [0.2, 0.25) is 0 Å². The molecule has 4 heteroatoms. The van der Waals surface area contributed by atoms with E-state index in [0.717, 1.165) is 38.8 Å². The Labute approximate surface area is 102 Å². The van der Waals surface area contributed by atoms with Crippen molar-refractivity contribution in [2.45, 2.75) is 45.4 Å². The van der Waals surface area contributed by atoms with Gasteiger partial charge in [-0.1, -0.05) is 6.92 Å². The smallest absolute Gasteiger partial charge is 0.303 e. The van der Waals surface area contributed by atoms with E-state index >= 15 is 0 Å². The number of carboxylic acid groups (broad SMARTS) is 1. The number of hydrogen-bond donors (Lipinski definition) is 1. The van der Waals surface area contributed by atoms with E-state index in [9.17, 15) is 9.59 Å². The Bertz CT molecular complexity index is 315. The van der Waals surface area contributed by atoms with Crippen LogP contribution in [0.25, 0.3) is 0 Å². The van der Waals surface area contributed by atoms with Crippen molar-refractivity contribution < 1.29 is 14.7 Å². The molecule has 1 N–H and O–H groups in total. The zero-order chi connectivity index (χ0) is 12.5. The summed E-state index contributed by atoms with van der Waals surface area (Å²) in [6.07, 6.45) is 4.55. The normalized spacial score (nSPS) is 23.5. The van der Waals surface area contributed by atoms with Gasteiger partial charge in [-0.3, -0.25) is 9.59 Å². The van der Waals surface area contributed by atoms with Gasteiger partial charge in [-0.05, 0) is 37.0 Å². The van der Waals surface area contributed by atoms with Crippen LogP contribution in [0.15, 0.2) is 0 Å². The molecule has 2 rings (SSSR count). The van der Waals surface area contributed by atoms with E-state index in [1.54, 1.807) is 0 Å². The minimum atomic E-state index is -0.775. The summed E-state index contributed by atoms with van der Waals surface area (Å²) in [6, 6.07) is 0. The highest BCUT2D eigenvalue weighted by Crippen LogP contribution is 2.52. The number of carboxylic acids is 1.